The number of carbonyl (C=O) groups is 2. The van der Waals surface area contributed by atoms with Gasteiger partial charge in [0.1, 0.15) is 12.4 Å². The molecule has 0 bridgehead atoms. The standard InChI is InChI=1S/C14H16BrNO3S/c1-13(2)9(17)5-10(14(3,4)11(13)18)19-7-8-6-16-12(15)20-8/h5-6H,7H2,1-4H3. The zero-order valence-corrected chi connectivity index (χ0v) is 14.2. The fourth-order valence-corrected chi connectivity index (χ4v) is 3.48. The molecule has 0 N–H and O–H groups in total. The van der Waals surface area contributed by atoms with Crippen LogP contribution in [0.25, 0.3) is 0 Å². The molecule has 0 unspecified atom stereocenters. The van der Waals surface area contributed by atoms with Gasteiger partial charge in [-0.05, 0) is 43.6 Å². The molecule has 0 radical (unpaired) electrons. The lowest BCUT2D eigenvalue weighted by molar-refractivity contribution is -0.144. The number of hydrogen-bond donors (Lipinski definition) is 0. The molecule has 20 heavy (non-hydrogen) atoms. The number of hydrogen-bond acceptors (Lipinski definition) is 5. The van der Waals surface area contributed by atoms with Crippen molar-refractivity contribution in [2.75, 3.05) is 0 Å². The predicted octanol–water partition coefficient (Wildman–Crippen LogP) is 3.51. The molecular weight excluding hydrogens is 342 g/mol. The highest BCUT2D eigenvalue weighted by molar-refractivity contribution is 9.11. The van der Waals surface area contributed by atoms with Crippen LogP contribution < -0.4 is 0 Å². The lowest BCUT2D eigenvalue weighted by Crippen LogP contribution is -2.46. The van der Waals surface area contributed by atoms with Gasteiger partial charge >= 0.3 is 0 Å². The van der Waals surface area contributed by atoms with Gasteiger partial charge in [-0.3, -0.25) is 9.59 Å². The van der Waals surface area contributed by atoms with Crippen molar-refractivity contribution in [3.8, 4) is 0 Å². The number of carbonyl (C=O) groups excluding carboxylic acids is 2. The van der Waals surface area contributed by atoms with Crippen LogP contribution in [0, 0.1) is 10.8 Å². The summed E-state index contributed by atoms with van der Waals surface area (Å²) in [5.74, 6) is 0.108. The van der Waals surface area contributed by atoms with Gasteiger partial charge in [0.2, 0.25) is 0 Å². The SMILES string of the molecule is CC1(C)C(=O)C=C(OCc2cnc(Br)s2)C(C)(C)C1=O. The Bertz CT molecular complexity index is 601. The first-order valence-corrected chi connectivity index (χ1v) is 7.81. The lowest BCUT2D eigenvalue weighted by Gasteiger charge is -2.37. The van der Waals surface area contributed by atoms with Crippen molar-refractivity contribution in [3.05, 3.63) is 26.8 Å². The highest BCUT2D eigenvalue weighted by Gasteiger charge is 2.50. The van der Waals surface area contributed by atoms with Crippen molar-refractivity contribution in [2.24, 2.45) is 10.8 Å². The summed E-state index contributed by atoms with van der Waals surface area (Å²) in [6.07, 6.45) is 3.16. The van der Waals surface area contributed by atoms with Crippen LogP contribution in [-0.4, -0.2) is 16.6 Å². The van der Waals surface area contributed by atoms with Crippen LogP contribution in [0.5, 0.6) is 0 Å². The number of rotatable bonds is 3. The van der Waals surface area contributed by atoms with E-state index in [1.54, 1.807) is 33.9 Å². The molecule has 1 aromatic rings. The summed E-state index contributed by atoms with van der Waals surface area (Å²) < 4.78 is 6.48. The number of ketones is 2. The summed E-state index contributed by atoms with van der Waals surface area (Å²) in [7, 11) is 0. The van der Waals surface area contributed by atoms with E-state index in [0.717, 1.165) is 8.79 Å². The Kier molecular flexibility index (Phi) is 3.90. The van der Waals surface area contributed by atoms with Crippen LogP contribution in [0.3, 0.4) is 0 Å². The van der Waals surface area contributed by atoms with Crippen molar-refractivity contribution in [3.63, 3.8) is 0 Å². The van der Waals surface area contributed by atoms with E-state index in [1.807, 2.05) is 0 Å². The molecule has 0 saturated heterocycles. The molecule has 0 aliphatic heterocycles. The minimum atomic E-state index is -0.982. The Morgan fingerprint density at radius 3 is 2.45 bits per heavy atom. The lowest BCUT2D eigenvalue weighted by atomic mass is 9.66. The van der Waals surface area contributed by atoms with Crippen molar-refractivity contribution in [2.45, 2.75) is 34.3 Å². The number of aromatic nitrogens is 1. The molecule has 0 atom stereocenters. The number of nitrogens with zero attached hydrogens (tertiary/aromatic N) is 1. The van der Waals surface area contributed by atoms with Gasteiger partial charge in [0.15, 0.2) is 15.5 Å². The molecule has 2 rings (SSSR count). The van der Waals surface area contributed by atoms with Gasteiger partial charge in [-0.2, -0.15) is 0 Å². The third-order valence-electron chi connectivity index (χ3n) is 3.52. The Labute approximate surface area is 130 Å². The van der Waals surface area contributed by atoms with Crippen molar-refractivity contribution < 1.29 is 14.3 Å². The van der Waals surface area contributed by atoms with Crippen LogP contribution in [-0.2, 0) is 20.9 Å². The smallest absolute Gasteiger partial charge is 0.172 e. The maximum Gasteiger partial charge on any atom is 0.172 e. The average Bonchev–Trinajstić information content (AvgIpc) is 2.77. The van der Waals surface area contributed by atoms with Crippen LogP contribution in [0.2, 0.25) is 0 Å². The van der Waals surface area contributed by atoms with Crippen LogP contribution in [0.1, 0.15) is 32.6 Å². The van der Waals surface area contributed by atoms with Crippen molar-refractivity contribution in [1.29, 1.82) is 0 Å². The molecule has 1 heterocycles. The molecule has 0 fully saturated rings. The Morgan fingerprint density at radius 2 is 1.90 bits per heavy atom. The van der Waals surface area contributed by atoms with Gasteiger partial charge in [-0.25, -0.2) is 4.98 Å². The topological polar surface area (TPSA) is 56.3 Å². The Hall–Kier alpha value is -1.01. The van der Waals surface area contributed by atoms with E-state index < -0.39 is 10.8 Å². The van der Waals surface area contributed by atoms with E-state index in [0.29, 0.717) is 12.4 Å². The molecule has 108 valence electrons. The van der Waals surface area contributed by atoms with Gasteiger partial charge in [0.05, 0.1) is 15.7 Å². The maximum atomic E-state index is 12.4. The summed E-state index contributed by atoms with van der Waals surface area (Å²) in [6, 6.07) is 0. The van der Waals surface area contributed by atoms with E-state index in [-0.39, 0.29) is 11.6 Å². The van der Waals surface area contributed by atoms with Gasteiger partial charge in [0.25, 0.3) is 0 Å². The first-order chi connectivity index (χ1) is 9.15. The molecular formula is C14H16BrNO3S. The van der Waals surface area contributed by atoms with Crippen molar-refractivity contribution in [1.82, 2.24) is 4.98 Å². The fraction of sp³-hybridized carbons (Fsp3) is 0.500. The largest absolute Gasteiger partial charge is 0.491 e. The van der Waals surface area contributed by atoms with Crippen molar-refractivity contribution >= 4 is 38.8 Å². The zero-order valence-electron chi connectivity index (χ0n) is 11.8. The number of Topliss-reactive ketones (excluding diaryl/α,β-unsaturated/α-hetero) is 1. The van der Waals surface area contributed by atoms with E-state index >= 15 is 0 Å². The maximum absolute atomic E-state index is 12.4. The van der Waals surface area contributed by atoms with Crippen LogP contribution in [0.4, 0.5) is 0 Å². The second-order valence-electron chi connectivity index (χ2n) is 5.82. The minimum absolute atomic E-state index is 0.113. The summed E-state index contributed by atoms with van der Waals surface area (Å²) in [5.41, 5.74) is -1.77. The second kappa shape index (κ2) is 5.07. The molecule has 4 nitrogen and oxygen atoms in total. The number of halogens is 1. The summed E-state index contributed by atoms with van der Waals surface area (Å²) in [5, 5.41) is 0. The second-order valence-corrected chi connectivity index (χ2v) is 8.21. The highest BCUT2D eigenvalue weighted by atomic mass is 79.9. The third kappa shape index (κ3) is 2.59. The predicted molar refractivity (Wildman–Crippen MR) is 80.3 cm³/mol. The van der Waals surface area contributed by atoms with E-state index in [1.165, 1.54) is 17.4 Å². The number of ether oxygens (including phenoxy) is 1. The molecule has 0 spiro atoms. The molecule has 0 saturated carbocycles. The third-order valence-corrected chi connectivity index (χ3v) is 4.97. The Morgan fingerprint density at radius 1 is 1.25 bits per heavy atom. The Balaban J connectivity index is 2.22. The fourth-order valence-electron chi connectivity index (χ4n) is 2.21. The average molecular weight is 358 g/mol. The van der Waals surface area contributed by atoms with Gasteiger partial charge in [-0.1, -0.05) is 0 Å². The summed E-state index contributed by atoms with van der Waals surface area (Å²) >= 11 is 4.74. The van der Waals surface area contributed by atoms with Crippen LogP contribution in [0.15, 0.2) is 21.9 Å². The van der Waals surface area contributed by atoms with Gasteiger partial charge in [-0.15, -0.1) is 11.3 Å². The van der Waals surface area contributed by atoms with E-state index in [4.69, 9.17) is 4.74 Å². The monoisotopic (exact) mass is 357 g/mol. The number of thiazole rings is 1. The molecule has 6 heteroatoms. The van der Waals surface area contributed by atoms with E-state index in [2.05, 4.69) is 20.9 Å². The first-order valence-electron chi connectivity index (χ1n) is 6.20. The summed E-state index contributed by atoms with van der Waals surface area (Å²) in [6.45, 7) is 7.20. The van der Waals surface area contributed by atoms with Gasteiger partial charge < -0.3 is 4.74 Å². The number of allylic oxidation sites excluding steroid dienone is 2. The minimum Gasteiger partial charge on any atom is -0.491 e. The molecule has 0 aromatic carbocycles. The highest BCUT2D eigenvalue weighted by Crippen LogP contribution is 2.41. The summed E-state index contributed by atoms with van der Waals surface area (Å²) in [4.78, 5) is 29.5. The van der Waals surface area contributed by atoms with E-state index in [9.17, 15) is 9.59 Å². The molecule has 1 aromatic heterocycles. The normalized spacial score (nSPS) is 20.8. The van der Waals surface area contributed by atoms with Gasteiger partial charge in [0, 0.05) is 12.3 Å². The quantitative estimate of drug-likeness (QED) is 0.776. The molecule has 1 aliphatic carbocycles. The zero-order chi connectivity index (χ0) is 15.1. The molecule has 0 amide bonds. The first kappa shape index (κ1) is 15.4. The van der Waals surface area contributed by atoms with Crippen LogP contribution >= 0.6 is 27.3 Å². The molecule has 1 aliphatic rings.